The molecule has 5 nitrogen and oxygen atoms in total. The second-order valence-corrected chi connectivity index (χ2v) is 5.00. The molecule has 1 unspecified atom stereocenters. The van der Waals surface area contributed by atoms with Crippen molar-refractivity contribution in [3.05, 3.63) is 54.0 Å². The lowest BCUT2D eigenvalue weighted by Crippen LogP contribution is -2.19. The van der Waals surface area contributed by atoms with E-state index in [0.717, 1.165) is 24.2 Å². The van der Waals surface area contributed by atoms with Crippen molar-refractivity contribution in [1.29, 1.82) is 0 Å². The largest absolute Gasteiger partial charge is 0.313 e. The summed E-state index contributed by atoms with van der Waals surface area (Å²) in [5.41, 5.74) is 3.43. The number of hydrogen-bond donors (Lipinski definition) is 1. The Bertz CT molecular complexity index is 720. The third kappa shape index (κ3) is 2.64. The highest BCUT2D eigenvalue weighted by Gasteiger charge is 2.16. The van der Waals surface area contributed by atoms with Crippen molar-refractivity contribution in [3.63, 3.8) is 0 Å². The zero-order valence-corrected chi connectivity index (χ0v) is 12.3. The first-order chi connectivity index (χ1) is 10.3. The topological polar surface area (TPSA) is 55.6 Å². The summed E-state index contributed by atoms with van der Waals surface area (Å²) in [6.45, 7) is 2.99. The molecular formula is C16H19N5. The predicted molar refractivity (Wildman–Crippen MR) is 82.9 cm³/mol. The summed E-state index contributed by atoms with van der Waals surface area (Å²) >= 11 is 0. The maximum absolute atomic E-state index is 4.76. The van der Waals surface area contributed by atoms with E-state index in [1.165, 1.54) is 10.9 Å². The van der Waals surface area contributed by atoms with Gasteiger partial charge in [0.1, 0.15) is 0 Å². The van der Waals surface area contributed by atoms with Crippen LogP contribution in [0, 0.1) is 0 Å². The van der Waals surface area contributed by atoms with Crippen molar-refractivity contribution in [2.24, 2.45) is 0 Å². The van der Waals surface area contributed by atoms with Crippen molar-refractivity contribution >= 4 is 10.9 Å². The first kappa shape index (κ1) is 13.7. The molecule has 21 heavy (non-hydrogen) atoms. The van der Waals surface area contributed by atoms with Gasteiger partial charge in [-0.15, -0.1) is 0 Å². The molecule has 0 aliphatic heterocycles. The van der Waals surface area contributed by atoms with Crippen molar-refractivity contribution in [3.8, 4) is 0 Å². The maximum Gasteiger partial charge on any atom is 0.0722 e. The molecule has 0 aliphatic carbocycles. The van der Waals surface area contributed by atoms with Crippen LogP contribution < -0.4 is 5.32 Å². The van der Waals surface area contributed by atoms with Gasteiger partial charge in [-0.05, 0) is 31.7 Å². The molecular weight excluding hydrogens is 262 g/mol. The zero-order chi connectivity index (χ0) is 14.7. The Morgan fingerprint density at radius 2 is 2.05 bits per heavy atom. The van der Waals surface area contributed by atoms with Crippen LogP contribution in [-0.4, -0.2) is 27.0 Å². The van der Waals surface area contributed by atoms with Crippen LogP contribution in [0.2, 0.25) is 0 Å². The summed E-state index contributed by atoms with van der Waals surface area (Å²) < 4.78 is 2.06. The Morgan fingerprint density at radius 3 is 2.76 bits per heavy atom. The quantitative estimate of drug-likeness (QED) is 0.780. The van der Waals surface area contributed by atoms with Gasteiger partial charge < -0.3 is 5.32 Å². The van der Waals surface area contributed by atoms with Crippen molar-refractivity contribution < 1.29 is 0 Å². The highest BCUT2D eigenvalue weighted by molar-refractivity contribution is 5.82. The van der Waals surface area contributed by atoms with Crippen LogP contribution in [0.4, 0.5) is 0 Å². The number of likely N-dealkylation sites (N-methyl/N-ethyl adjacent to an activating group) is 1. The molecule has 2 heterocycles. The van der Waals surface area contributed by atoms with Gasteiger partial charge in [-0.25, -0.2) is 0 Å². The number of para-hydroxylation sites is 1. The second-order valence-electron chi connectivity index (χ2n) is 5.00. The van der Waals surface area contributed by atoms with Gasteiger partial charge in [0.05, 0.1) is 17.4 Å². The fraction of sp³-hybridized carbons (Fsp3) is 0.312. The van der Waals surface area contributed by atoms with E-state index in [-0.39, 0.29) is 6.04 Å². The normalized spacial score (nSPS) is 12.7. The van der Waals surface area contributed by atoms with Crippen LogP contribution in [0.3, 0.4) is 0 Å². The molecule has 3 aromatic rings. The van der Waals surface area contributed by atoms with Crippen molar-refractivity contribution in [2.45, 2.75) is 25.9 Å². The highest BCUT2D eigenvalue weighted by Crippen LogP contribution is 2.23. The lowest BCUT2D eigenvalue weighted by atomic mass is 10.0. The highest BCUT2D eigenvalue weighted by atomic mass is 15.3. The van der Waals surface area contributed by atoms with Crippen molar-refractivity contribution in [1.82, 2.24) is 25.3 Å². The average Bonchev–Trinajstić information content (AvgIpc) is 2.91. The number of aromatic nitrogens is 4. The van der Waals surface area contributed by atoms with E-state index in [4.69, 9.17) is 5.10 Å². The van der Waals surface area contributed by atoms with Gasteiger partial charge in [0, 0.05) is 30.6 Å². The molecule has 108 valence electrons. The van der Waals surface area contributed by atoms with Crippen LogP contribution >= 0.6 is 0 Å². The van der Waals surface area contributed by atoms with Gasteiger partial charge >= 0.3 is 0 Å². The summed E-state index contributed by atoms with van der Waals surface area (Å²) in [5.74, 6) is 0. The van der Waals surface area contributed by atoms with Gasteiger partial charge in [0.15, 0.2) is 0 Å². The molecule has 2 aromatic heterocycles. The predicted octanol–water partition coefficient (Wildman–Crippen LogP) is 2.35. The van der Waals surface area contributed by atoms with Crippen LogP contribution in [0.15, 0.2) is 42.7 Å². The molecule has 0 saturated carbocycles. The van der Waals surface area contributed by atoms with E-state index in [1.807, 2.05) is 13.1 Å². The fourth-order valence-electron chi connectivity index (χ4n) is 2.68. The Morgan fingerprint density at radius 1 is 1.19 bits per heavy atom. The third-order valence-electron chi connectivity index (χ3n) is 3.79. The SMILES string of the molecule is CCn1nc(CC(NC)c2ccnnc2)c2ccccc21. The number of aryl methyl sites for hydroxylation is 1. The molecule has 0 aliphatic rings. The summed E-state index contributed by atoms with van der Waals surface area (Å²) in [4.78, 5) is 0. The molecule has 1 atom stereocenters. The number of hydrogen-bond acceptors (Lipinski definition) is 4. The van der Waals surface area contributed by atoms with Crippen LogP contribution in [0.25, 0.3) is 10.9 Å². The van der Waals surface area contributed by atoms with Gasteiger partial charge in [-0.1, -0.05) is 18.2 Å². The van der Waals surface area contributed by atoms with E-state index in [2.05, 4.69) is 51.4 Å². The zero-order valence-electron chi connectivity index (χ0n) is 12.3. The van der Waals surface area contributed by atoms with Gasteiger partial charge in [-0.3, -0.25) is 4.68 Å². The molecule has 1 N–H and O–H groups in total. The Labute approximate surface area is 124 Å². The van der Waals surface area contributed by atoms with Crippen LogP contribution in [0.1, 0.15) is 24.2 Å². The Kier molecular flexibility index (Phi) is 3.92. The minimum absolute atomic E-state index is 0.184. The number of nitrogens with zero attached hydrogens (tertiary/aromatic N) is 4. The van der Waals surface area contributed by atoms with E-state index in [0.29, 0.717) is 0 Å². The van der Waals surface area contributed by atoms with E-state index in [9.17, 15) is 0 Å². The second kappa shape index (κ2) is 6.01. The summed E-state index contributed by atoms with van der Waals surface area (Å²) in [5, 5.41) is 17.1. The Balaban J connectivity index is 1.97. The van der Waals surface area contributed by atoms with Gasteiger partial charge in [0.25, 0.3) is 0 Å². The Hall–Kier alpha value is -2.27. The monoisotopic (exact) mass is 281 g/mol. The minimum atomic E-state index is 0.184. The molecule has 5 heteroatoms. The standard InChI is InChI=1S/C16H19N5/c1-3-21-16-7-5-4-6-13(16)15(20-21)10-14(17-2)12-8-9-18-19-11-12/h4-9,11,14,17H,3,10H2,1-2H3. The number of benzene rings is 1. The average molecular weight is 281 g/mol. The fourth-order valence-corrected chi connectivity index (χ4v) is 2.68. The first-order valence-corrected chi connectivity index (χ1v) is 7.21. The minimum Gasteiger partial charge on any atom is -0.313 e. The lowest BCUT2D eigenvalue weighted by Gasteiger charge is -2.14. The summed E-state index contributed by atoms with van der Waals surface area (Å²) in [6.07, 6.45) is 4.36. The van der Waals surface area contributed by atoms with E-state index in [1.54, 1.807) is 12.4 Å². The lowest BCUT2D eigenvalue weighted by molar-refractivity contribution is 0.569. The number of rotatable bonds is 5. The molecule has 0 amide bonds. The van der Waals surface area contributed by atoms with Gasteiger partial charge in [0.2, 0.25) is 0 Å². The smallest absolute Gasteiger partial charge is 0.0722 e. The summed E-state index contributed by atoms with van der Waals surface area (Å²) in [7, 11) is 1.96. The number of nitrogens with one attached hydrogen (secondary N) is 1. The molecule has 0 bridgehead atoms. The molecule has 0 saturated heterocycles. The van der Waals surface area contributed by atoms with Crippen molar-refractivity contribution in [2.75, 3.05) is 7.05 Å². The molecule has 0 spiro atoms. The van der Waals surface area contributed by atoms with E-state index < -0.39 is 0 Å². The molecule has 0 radical (unpaired) electrons. The third-order valence-corrected chi connectivity index (χ3v) is 3.79. The molecule has 0 fully saturated rings. The maximum atomic E-state index is 4.76. The number of fused-ring (bicyclic) bond motifs is 1. The first-order valence-electron chi connectivity index (χ1n) is 7.21. The molecule has 3 rings (SSSR count). The van der Waals surface area contributed by atoms with E-state index >= 15 is 0 Å². The molecule has 1 aromatic carbocycles. The summed E-state index contributed by atoms with van der Waals surface area (Å²) in [6, 6.07) is 10.6. The van der Waals surface area contributed by atoms with Crippen LogP contribution in [-0.2, 0) is 13.0 Å². The van der Waals surface area contributed by atoms with Gasteiger partial charge in [-0.2, -0.15) is 15.3 Å². The van der Waals surface area contributed by atoms with Crippen LogP contribution in [0.5, 0.6) is 0 Å².